The number of nitrogens with zero attached hydrogens (tertiary/aromatic N) is 1. The van der Waals surface area contributed by atoms with Gasteiger partial charge in [0.25, 0.3) is 0 Å². The van der Waals surface area contributed by atoms with E-state index in [2.05, 4.69) is 0 Å². The van der Waals surface area contributed by atoms with Crippen LogP contribution in [0, 0.1) is 5.82 Å². The molecule has 98 valence electrons. The minimum Gasteiger partial charge on any atom is -0.478 e. The van der Waals surface area contributed by atoms with Crippen molar-refractivity contribution in [3.63, 3.8) is 0 Å². The zero-order chi connectivity index (χ0) is 13.5. The Morgan fingerprint density at radius 3 is 2.83 bits per heavy atom. The molecule has 0 aromatic heterocycles. The highest BCUT2D eigenvalue weighted by Gasteiger charge is 2.04. The van der Waals surface area contributed by atoms with Gasteiger partial charge in [0.1, 0.15) is 5.82 Å². The van der Waals surface area contributed by atoms with E-state index in [0.29, 0.717) is 5.56 Å². The van der Waals surface area contributed by atoms with Crippen LogP contribution in [0.1, 0.15) is 5.56 Å². The zero-order valence-electron chi connectivity index (χ0n) is 10.4. The number of halogens is 1. The molecule has 0 aliphatic carbocycles. The Kier molecular flexibility index (Phi) is 5.71. The second-order valence-electron chi connectivity index (χ2n) is 3.83. The molecular weight excluding hydrogens is 253 g/mol. The Bertz CT molecular complexity index is 449. The summed E-state index contributed by atoms with van der Waals surface area (Å²) in [5.74, 6) is -0.460. The third-order valence-electron chi connectivity index (χ3n) is 2.39. The van der Waals surface area contributed by atoms with Crippen molar-refractivity contribution < 1.29 is 14.3 Å². The first-order valence-corrected chi connectivity index (χ1v) is 6.84. The summed E-state index contributed by atoms with van der Waals surface area (Å²) in [4.78, 5) is 12.4. The quantitative estimate of drug-likeness (QED) is 0.806. The van der Waals surface area contributed by atoms with E-state index in [1.54, 1.807) is 17.8 Å². The van der Waals surface area contributed by atoms with E-state index in [-0.39, 0.29) is 5.82 Å². The lowest BCUT2D eigenvalue weighted by Gasteiger charge is -2.19. The van der Waals surface area contributed by atoms with Crippen molar-refractivity contribution in [1.29, 1.82) is 0 Å². The van der Waals surface area contributed by atoms with Crippen molar-refractivity contribution in [3.05, 3.63) is 35.7 Å². The number of aliphatic carboxylic acids is 1. The number of rotatable bonds is 6. The number of hydrogen-bond acceptors (Lipinski definition) is 3. The number of anilines is 1. The van der Waals surface area contributed by atoms with E-state index in [1.807, 2.05) is 18.2 Å². The zero-order valence-corrected chi connectivity index (χ0v) is 11.2. The van der Waals surface area contributed by atoms with E-state index >= 15 is 0 Å². The molecule has 0 saturated heterocycles. The summed E-state index contributed by atoms with van der Waals surface area (Å²) >= 11 is 1.72. The second-order valence-corrected chi connectivity index (χ2v) is 4.81. The van der Waals surface area contributed by atoms with Crippen LogP contribution in [-0.2, 0) is 4.79 Å². The molecule has 0 fully saturated rings. The molecule has 0 aliphatic rings. The second kappa shape index (κ2) is 7.06. The van der Waals surface area contributed by atoms with Gasteiger partial charge in [-0.15, -0.1) is 0 Å². The van der Waals surface area contributed by atoms with Crippen LogP contribution in [0.2, 0.25) is 0 Å². The summed E-state index contributed by atoms with van der Waals surface area (Å²) in [6, 6.07) is 4.52. The Balaban J connectivity index is 2.89. The van der Waals surface area contributed by atoms with Gasteiger partial charge in [0, 0.05) is 31.1 Å². The predicted molar refractivity (Wildman–Crippen MR) is 74.7 cm³/mol. The van der Waals surface area contributed by atoms with Crippen LogP contribution in [-0.4, -0.2) is 36.7 Å². The Morgan fingerprint density at radius 1 is 1.50 bits per heavy atom. The van der Waals surface area contributed by atoms with Gasteiger partial charge in [-0.1, -0.05) is 0 Å². The smallest absolute Gasteiger partial charge is 0.328 e. The molecule has 0 spiro atoms. The normalized spacial score (nSPS) is 10.8. The predicted octanol–water partition coefficient (Wildman–Crippen LogP) is 2.72. The first-order chi connectivity index (χ1) is 8.52. The van der Waals surface area contributed by atoms with Crippen LogP contribution < -0.4 is 4.90 Å². The molecule has 18 heavy (non-hydrogen) atoms. The Labute approximate surface area is 110 Å². The minimum absolute atomic E-state index is 0.367. The summed E-state index contributed by atoms with van der Waals surface area (Å²) < 4.78 is 13.4. The molecule has 1 aromatic rings. The van der Waals surface area contributed by atoms with E-state index in [9.17, 15) is 9.18 Å². The number of carboxylic acid groups (broad SMARTS) is 1. The first kappa shape index (κ1) is 14.6. The maximum Gasteiger partial charge on any atom is 0.328 e. The van der Waals surface area contributed by atoms with Gasteiger partial charge < -0.3 is 10.0 Å². The molecule has 1 aromatic carbocycles. The molecule has 0 radical (unpaired) electrons. The monoisotopic (exact) mass is 269 g/mol. The highest BCUT2D eigenvalue weighted by molar-refractivity contribution is 7.98. The largest absolute Gasteiger partial charge is 0.478 e. The first-order valence-electron chi connectivity index (χ1n) is 5.44. The maximum absolute atomic E-state index is 13.4. The number of hydrogen-bond donors (Lipinski definition) is 1. The van der Waals surface area contributed by atoms with E-state index in [1.165, 1.54) is 18.2 Å². The van der Waals surface area contributed by atoms with Crippen LogP contribution >= 0.6 is 11.8 Å². The molecule has 0 unspecified atom stereocenters. The fourth-order valence-electron chi connectivity index (χ4n) is 1.44. The van der Waals surface area contributed by atoms with E-state index in [4.69, 9.17) is 5.11 Å². The Morgan fingerprint density at radius 2 is 2.22 bits per heavy atom. The molecule has 1 N–H and O–H groups in total. The van der Waals surface area contributed by atoms with E-state index in [0.717, 1.165) is 24.1 Å². The standard InChI is InChI=1S/C13H16FNO2S/c1-15(5-6-18-2)12-8-10(3-4-13(16)17)7-11(14)9-12/h3-4,7-9H,5-6H2,1-2H3,(H,16,17)/b4-3+. The summed E-state index contributed by atoms with van der Waals surface area (Å²) in [5, 5.41) is 8.54. The molecule has 1 rings (SSSR count). The van der Waals surface area contributed by atoms with Crippen molar-refractivity contribution in [2.24, 2.45) is 0 Å². The van der Waals surface area contributed by atoms with Gasteiger partial charge in [-0.25, -0.2) is 9.18 Å². The highest BCUT2D eigenvalue weighted by atomic mass is 32.2. The third kappa shape index (κ3) is 4.79. The van der Waals surface area contributed by atoms with E-state index < -0.39 is 5.97 Å². The topological polar surface area (TPSA) is 40.5 Å². The molecule has 0 saturated carbocycles. The average molecular weight is 269 g/mol. The molecule has 0 atom stereocenters. The van der Waals surface area contributed by atoms with Crippen LogP contribution in [0.25, 0.3) is 6.08 Å². The summed E-state index contributed by atoms with van der Waals surface area (Å²) in [5.41, 5.74) is 1.29. The molecule has 3 nitrogen and oxygen atoms in total. The van der Waals surface area contributed by atoms with Gasteiger partial charge in [0.05, 0.1) is 0 Å². The number of thioether (sulfide) groups is 1. The molecule has 0 amide bonds. The van der Waals surface area contributed by atoms with Gasteiger partial charge in [0.2, 0.25) is 0 Å². The van der Waals surface area contributed by atoms with Gasteiger partial charge >= 0.3 is 5.97 Å². The SMILES string of the molecule is CSCCN(C)c1cc(F)cc(/C=C/C(=O)O)c1. The van der Waals surface area contributed by atoms with Crippen molar-refractivity contribution >= 4 is 29.5 Å². The van der Waals surface area contributed by atoms with Crippen LogP contribution in [0.3, 0.4) is 0 Å². The van der Waals surface area contributed by atoms with Gasteiger partial charge in [-0.3, -0.25) is 0 Å². The molecular formula is C13H16FNO2S. The van der Waals surface area contributed by atoms with Gasteiger partial charge in [-0.05, 0) is 36.1 Å². The maximum atomic E-state index is 13.4. The molecule has 0 heterocycles. The minimum atomic E-state index is -1.04. The molecule has 5 heteroatoms. The van der Waals surface area contributed by atoms with Crippen molar-refractivity contribution in [3.8, 4) is 0 Å². The lowest BCUT2D eigenvalue weighted by atomic mass is 10.1. The fraction of sp³-hybridized carbons (Fsp3) is 0.308. The lowest BCUT2D eigenvalue weighted by Crippen LogP contribution is -2.20. The fourth-order valence-corrected chi connectivity index (χ4v) is 1.89. The Hall–Kier alpha value is -1.49. The van der Waals surface area contributed by atoms with Crippen molar-refractivity contribution in [1.82, 2.24) is 0 Å². The van der Waals surface area contributed by atoms with Crippen molar-refractivity contribution in [2.75, 3.05) is 30.5 Å². The molecule has 0 bridgehead atoms. The van der Waals surface area contributed by atoms with Gasteiger partial charge in [0.15, 0.2) is 0 Å². The lowest BCUT2D eigenvalue weighted by molar-refractivity contribution is -0.131. The van der Waals surface area contributed by atoms with Gasteiger partial charge in [-0.2, -0.15) is 11.8 Å². The number of carbonyl (C=O) groups is 1. The average Bonchev–Trinajstić information content (AvgIpc) is 2.32. The number of carboxylic acids is 1. The summed E-state index contributed by atoms with van der Waals surface area (Å²) in [6.07, 6.45) is 4.40. The third-order valence-corrected chi connectivity index (χ3v) is 2.99. The van der Waals surface area contributed by atoms with Crippen LogP contribution in [0.15, 0.2) is 24.3 Å². The van der Waals surface area contributed by atoms with Crippen LogP contribution in [0.4, 0.5) is 10.1 Å². The molecule has 0 aliphatic heterocycles. The van der Waals surface area contributed by atoms with Crippen LogP contribution in [0.5, 0.6) is 0 Å². The summed E-state index contributed by atoms with van der Waals surface area (Å²) in [6.45, 7) is 0.812. The number of benzene rings is 1. The summed E-state index contributed by atoms with van der Waals surface area (Å²) in [7, 11) is 1.88. The highest BCUT2D eigenvalue weighted by Crippen LogP contribution is 2.18. The van der Waals surface area contributed by atoms with Crippen molar-refractivity contribution in [2.45, 2.75) is 0 Å².